The van der Waals surface area contributed by atoms with Gasteiger partial charge in [0.2, 0.25) is 5.91 Å². The summed E-state index contributed by atoms with van der Waals surface area (Å²) in [6.45, 7) is 2.36. The van der Waals surface area contributed by atoms with Gasteiger partial charge in [0.05, 0.1) is 12.5 Å². The zero-order valence-electron chi connectivity index (χ0n) is 16.7. The molecule has 0 saturated carbocycles. The molecule has 1 saturated heterocycles. The van der Waals surface area contributed by atoms with Gasteiger partial charge in [-0.3, -0.25) is 4.79 Å². The molecule has 0 atom stereocenters. The first kappa shape index (κ1) is 23.0. The predicted molar refractivity (Wildman–Crippen MR) is 114 cm³/mol. The molecule has 0 aliphatic carbocycles. The summed E-state index contributed by atoms with van der Waals surface area (Å²) < 4.78 is 16.7. The monoisotopic (exact) mass is 420 g/mol. The van der Waals surface area contributed by atoms with Crippen LogP contribution in [0, 0.1) is 5.41 Å². The van der Waals surface area contributed by atoms with Gasteiger partial charge in [-0.25, -0.2) is 0 Å². The topological polar surface area (TPSA) is 82.8 Å². The Morgan fingerprint density at radius 3 is 2.48 bits per heavy atom. The largest absolute Gasteiger partial charge is 0.493 e. The van der Waals surface area contributed by atoms with Gasteiger partial charge in [-0.15, -0.1) is 12.4 Å². The van der Waals surface area contributed by atoms with E-state index in [4.69, 9.17) is 19.9 Å². The van der Waals surface area contributed by atoms with Crippen LogP contribution in [0.4, 0.5) is 0 Å². The minimum atomic E-state index is -0.527. The van der Waals surface area contributed by atoms with Crippen LogP contribution in [0.15, 0.2) is 48.5 Å². The molecule has 3 rings (SSSR count). The Morgan fingerprint density at radius 1 is 1.10 bits per heavy atom. The molecule has 1 aliphatic heterocycles. The number of benzene rings is 2. The van der Waals surface area contributed by atoms with Gasteiger partial charge in [0.1, 0.15) is 6.61 Å². The average molecular weight is 421 g/mol. The minimum absolute atomic E-state index is 0. The van der Waals surface area contributed by atoms with E-state index in [1.807, 2.05) is 48.5 Å². The van der Waals surface area contributed by atoms with Crippen LogP contribution in [0.1, 0.15) is 24.0 Å². The van der Waals surface area contributed by atoms with Crippen molar-refractivity contribution >= 4 is 18.3 Å². The highest BCUT2D eigenvalue weighted by Gasteiger charge is 2.38. The number of carbonyl (C=O) groups is 1. The smallest absolute Gasteiger partial charge is 0.227 e. The summed E-state index contributed by atoms with van der Waals surface area (Å²) in [5, 5.41) is 3.02. The van der Waals surface area contributed by atoms with Gasteiger partial charge >= 0.3 is 0 Å². The van der Waals surface area contributed by atoms with Crippen molar-refractivity contribution in [3.8, 4) is 11.5 Å². The second-order valence-corrected chi connectivity index (χ2v) is 7.04. The van der Waals surface area contributed by atoms with Crippen molar-refractivity contribution in [1.29, 1.82) is 0 Å². The van der Waals surface area contributed by atoms with Gasteiger partial charge in [-0.1, -0.05) is 36.4 Å². The van der Waals surface area contributed by atoms with Gasteiger partial charge < -0.3 is 25.3 Å². The van der Waals surface area contributed by atoms with Gasteiger partial charge in [0.15, 0.2) is 11.5 Å². The maximum Gasteiger partial charge on any atom is 0.227 e. The number of hydrogen-bond acceptors (Lipinski definition) is 5. The fourth-order valence-electron chi connectivity index (χ4n) is 3.33. The van der Waals surface area contributed by atoms with E-state index in [-0.39, 0.29) is 18.3 Å². The van der Waals surface area contributed by atoms with E-state index in [1.54, 1.807) is 7.11 Å². The van der Waals surface area contributed by atoms with Crippen LogP contribution in [-0.4, -0.2) is 32.8 Å². The summed E-state index contributed by atoms with van der Waals surface area (Å²) in [6.07, 6.45) is 1.32. The first-order valence-electron chi connectivity index (χ1n) is 9.56. The van der Waals surface area contributed by atoms with Crippen LogP contribution in [0.3, 0.4) is 0 Å². The van der Waals surface area contributed by atoms with Crippen molar-refractivity contribution in [3.05, 3.63) is 59.7 Å². The van der Waals surface area contributed by atoms with Gasteiger partial charge in [0, 0.05) is 26.3 Å². The number of halogens is 1. The van der Waals surface area contributed by atoms with Crippen LogP contribution in [0.25, 0.3) is 0 Å². The lowest BCUT2D eigenvalue weighted by Crippen LogP contribution is -2.48. The Morgan fingerprint density at radius 2 is 1.83 bits per heavy atom. The molecule has 158 valence electrons. The predicted octanol–water partition coefficient (Wildman–Crippen LogP) is 3.07. The maximum atomic E-state index is 12.7. The quantitative estimate of drug-likeness (QED) is 0.685. The molecule has 0 radical (unpaired) electrons. The number of nitrogens with two attached hydrogens (primary N) is 1. The van der Waals surface area contributed by atoms with Crippen molar-refractivity contribution < 1.29 is 19.0 Å². The first-order valence-corrected chi connectivity index (χ1v) is 9.56. The SMILES string of the molecule is COc1cc(CNC(=O)C2(CN)CCOCC2)ccc1OCc1ccccc1.Cl. The number of rotatable bonds is 8. The third kappa shape index (κ3) is 5.85. The van der Waals surface area contributed by atoms with Crippen molar-refractivity contribution in [2.75, 3.05) is 26.9 Å². The van der Waals surface area contributed by atoms with E-state index in [9.17, 15) is 4.79 Å². The number of hydrogen-bond donors (Lipinski definition) is 2. The average Bonchev–Trinajstić information content (AvgIpc) is 2.77. The molecule has 6 nitrogen and oxygen atoms in total. The molecule has 1 fully saturated rings. The molecule has 1 aliphatic rings. The lowest BCUT2D eigenvalue weighted by atomic mass is 9.79. The molecular weight excluding hydrogens is 392 g/mol. The summed E-state index contributed by atoms with van der Waals surface area (Å²) >= 11 is 0. The molecule has 2 aromatic carbocycles. The molecule has 1 heterocycles. The maximum absolute atomic E-state index is 12.7. The van der Waals surface area contributed by atoms with Gasteiger partial charge in [-0.2, -0.15) is 0 Å². The van der Waals surface area contributed by atoms with Gasteiger partial charge in [0.25, 0.3) is 0 Å². The number of amides is 1. The van der Waals surface area contributed by atoms with Crippen LogP contribution < -0.4 is 20.5 Å². The highest BCUT2D eigenvalue weighted by molar-refractivity contribution is 5.85. The second kappa shape index (κ2) is 11.0. The third-order valence-electron chi connectivity index (χ3n) is 5.24. The van der Waals surface area contributed by atoms with E-state index in [1.165, 1.54) is 0 Å². The Labute approximate surface area is 178 Å². The number of methoxy groups -OCH3 is 1. The lowest BCUT2D eigenvalue weighted by Gasteiger charge is -2.34. The molecule has 1 amide bonds. The molecule has 29 heavy (non-hydrogen) atoms. The van der Waals surface area contributed by atoms with Crippen molar-refractivity contribution in [2.24, 2.45) is 11.1 Å². The molecule has 0 aromatic heterocycles. The molecule has 0 bridgehead atoms. The summed E-state index contributed by atoms with van der Waals surface area (Å²) in [5.41, 5.74) is 7.40. The number of nitrogens with one attached hydrogen (secondary N) is 1. The zero-order valence-corrected chi connectivity index (χ0v) is 17.5. The van der Waals surface area contributed by atoms with E-state index >= 15 is 0 Å². The second-order valence-electron chi connectivity index (χ2n) is 7.04. The third-order valence-corrected chi connectivity index (χ3v) is 5.24. The minimum Gasteiger partial charge on any atom is -0.493 e. The molecule has 3 N–H and O–H groups in total. The highest BCUT2D eigenvalue weighted by Crippen LogP contribution is 2.31. The number of carbonyl (C=O) groups excluding carboxylic acids is 1. The van der Waals surface area contributed by atoms with E-state index < -0.39 is 5.41 Å². The van der Waals surface area contributed by atoms with E-state index in [0.717, 1.165) is 11.1 Å². The standard InChI is InChI=1S/C22H28N2O4.ClH/c1-26-20-13-18(7-8-19(20)28-15-17-5-3-2-4-6-17)14-24-21(25)22(16-23)9-11-27-12-10-22;/h2-8,13H,9-12,14-16,23H2,1H3,(H,24,25);1H. The molecule has 0 unspecified atom stereocenters. The van der Waals surface area contributed by atoms with Crippen molar-refractivity contribution in [1.82, 2.24) is 5.32 Å². The van der Waals surface area contributed by atoms with Crippen LogP contribution in [0.2, 0.25) is 0 Å². The van der Waals surface area contributed by atoms with Gasteiger partial charge in [-0.05, 0) is 36.1 Å². The molecular formula is C22H29ClN2O4. The van der Waals surface area contributed by atoms with Crippen LogP contribution in [0.5, 0.6) is 11.5 Å². The Balaban J connectivity index is 0.00000300. The molecule has 7 heteroatoms. The highest BCUT2D eigenvalue weighted by atomic mass is 35.5. The molecule has 0 spiro atoms. The van der Waals surface area contributed by atoms with Crippen molar-refractivity contribution in [2.45, 2.75) is 26.0 Å². The normalized spacial score (nSPS) is 15.1. The number of ether oxygens (including phenoxy) is 3. The van der Waals surface area contributed by atoms with Crippen LogP contribution >= 0.6 is 12.4 Å². The zero-order chi connectivity index (χ0) is 19.8. The summed E-state index contributed by atoms with van der Waals surface area (Å²) in [4.78, 5) is 12.7. The van der Waals surface area contributed by atoms with Crippen molar-refractivity contribution in [3.63, 3.8) is 0 Å². The van der Waals surface area contributed by atoms with E-state index in [0.29, 0.717) is 57.3 Å². The Bertz CT molecular complexity index is 780. The first-order chi connectivity index (χ1) is 13.7. The van der Waals surface area contributed by atoms with Crippen LogP contribution in [-0.2, 0) is 22.7 Å². The van der Waals surface area contributed by atoms with E-state index in [2.05, 4.69) is 5.32 Å². The lowest BCUT2D eigenvalue weighted by molar-refractivity contribution is -0.136. The fraction of sp³-hybridized carbons (Fsp3) is 0.409. The summed E-state index contributed by atoms with van der Waals surface area (Å²) in [7, 11) is 1.61. The fourth-order valence-corrected chi connectivity index (χ4v) is 3.33. The summed E-state index contributed by atoms with van der Waals surface area (Å²) in [6, 6.07) is 15.7. The summed E-state index contributed by atoms with van der Waals surface area (Å²) in [5.74, 6) is 1.30. The Kier molecular flexibility index (Phi) is 8.76. The molecule has 2 aromatic rings. The Hall–Kier alpha value is -2.28.